The highest BCUT2D eigenvalue weighted by Crippen LogP contribution is 2.27. The number of sulfone groups is 1. The lowest BCUT2D eigenvalue weighted by Gasteiger charge is -2.20. The van der Waals surface area contributed by atoms with Gasteiger partial charge in [0.25, 0.3) is 5.91 Å². The fourth-order valence-electron chi connectivity index (χ4n) is 3.31. The van der Waals surface area contributed by atoms with Crippen molar-refractivity contribution < 1.29 is 22.7 Å². The van der Waals surface area contributed by atoms with Gasteiger partial charge in [-0.25, -0.2) is 8.42 Å². The molecule has 0 spiro atoms. The van der Waals surface area contributed by atoms with E-state index >= 15 is 0 Å². The van der Waals surface area contributed by atoms with E-state index in [9.17, 15) is 18.0 Å². The van der Waals surface area contributed by atoms with Gasteiger partial charge in [-0.3, -0.25) is 9.59 Å². The maximum atomic E-state index is 11.9. The molecule has 1 amide bonds. The first kappa shape index (κ1) is 20.4. The van der Waals surface area contributed by atoms with E-state index in [1.54, 1.807) is 12.1 Å². The quantitative estimate of drug-likeness (QED) is 0.698. The number of hydrogen-bond donors (Lipinski definition) is 1. The molecule has 0 heterocycles. The molecule has 0 saturated heterocycles. The fourth-order valence-corrected chi connectivity index (χ4v) is 4.15. The zero-order chi connectivity index (χ0) is 19.0. The molecule has 0 unspecified atom stereocenters. The summed E-state index contributed by atoms with van der Waals surface area (Å²) in [6, 6.07) is 6.13. The molecular weight excluding hydrogens is 354 g/mol. The van der Waals surface area contributed by atoms with Crippen LogP contribution in [0.15, 0.2) is 29.2 Å². The first-order valence-electron chi connectivity index (χ1n) is 9.11. The van der Waals surface area contributed by atoms with Gasteiger partial charge in [-0.05, 0) is 30.9 Å². The Morgan fingerprint density at radius 3 is 2.54 bits per heavy atom. The van der Waals surface area contributed by atoms with Crippen LogP contribution in [0.2, 0.25) is 0 Å². The molecule has 0 bridgehead atoms. The molecule has 26 heavy (non-hydrogen) atoms. The smallest absolute Gasteiger partial charge is 0.306 e. The average Bonchev–Trinajstić information content (AvgIpc) is 2.60. The third kappa shape index (κ3) is 6.78. The van der Waals surface area contributed by atoms with Crippen molar-refractivity contribution in [3.05, 3.63) is 24.3 Å². The molecule has 144 valence electrons. The van der Waals surface area contributed by atoms with Crippen LogP contribution in [-0.4, -0.2) is 33.2 Å². The molecule has 1 aromatic rings. The molecular formula is C19H27NO5S. The monoisotopic (exact) mass is 381 g/mol. The summed E-state index contributed by atoms with van der Waals surface area (Å²) in [5.41, 5.74) is 0.188. The number of benzene rings is 1. The molecule has 6 nitrogen and oxygen atoms in total. The van der Waals surface area contributed by atoms with Crippen LogP contribution >= 0.6 is 0 Å². The van der Waals surface area contributed by atoms with Crippen molar-refractivity contribution in [3.8, 4) is 0 Å². The second kappa shape index (κ2) is 9.71. The summed E-state index contributed by atoms with van der Waals surface area (Å²) in [6.07, 6.45) is 9.57. The standard InChI is InChI=1S/C19H27NO5S/c1-26(23,24)17-12-6-5-11-16(17)20-18(21)14-25-19(22)13-7-10-15-8-3-2-4-9-15/h5-6,11-12,15H,2-4,7-10,13-14H2,1H3,(H,20,21). The maximum Gasteiger partial charge on any atom is 0.306 e. The largest absolute Gasteiger partial charge is 0.456 e. The molecule has 1 saturated carbocycles. The van der Waals surface area contributed by atoms with Gasteiger partial charge in [-0.2, -0.15) is 0 Å². The van der Waals surface area contributed by atoms with Crippen LogP contribution in [0.25, 0.3) is 0 Å². The van der Waals surface area contributed by atoms with Crippen molar-refractivity contribution >= 4 is 27.4 Å². The highest BCUT2D eigenvalue weighted by atomic mass is 32.2. The predicted molar refractivity (Wildman–Crippen MR) is 99.6 cm³/mol. The Labute approximate surface area is 155 Å². The van der Waals surface area contributed by atoms with E-state index in [2.05, 4.69) is 5.32 Å². The number of nitrogens with one attached hydrogen (secondary N) is 1. The number of carbonyl (C=O) groups is 2. The fraction of sp³-hybridized carbons (Fsp3) is 0.579. The van der Waals surface area contributed by atoms with Crippen LogP contribution in [0, 0.1) is 5.92 Å². The topological polar surface area (TPSA) is 89.5 Å². The molecule has 7 heteroatoms. The number of hydrogen-bond acceptors (Lipinski definition) is 5. The molecule has 1 aliphatic carbocycles. The van der Waals surface area contributed by atoms with E-state index in [0.29, 0.717) is 12.3 Å². The second-order valence-corrected chi connectivity index (χ2v) is 8.86. The van der Waals surface area contributed by atoms with Crippen molar-refractivity contribution in [2.24, 2.45) is 5.92 Å². The lowest BCUT2D eigenvalue weighted by Crippen LogP contribution is -2.22. The summed E-state index contributed by atoms with van der Waals surface area (Å²) < 4.78 is 28.4. The normalized spacial score (nSPS) is 15.4. The zero-order valence-electron chi connectivity index (χ0n) is 15.2. The van der Waals surface area contributed by atoms with Crippen LogP contribution in [-0.2, 0) is 24.2 Å². The van der Waals surface area contributed by atoms with Gasteiger partial charge in [0, 0.05) is 12.7 Å². The van der Waals surface area contributed by atoms with E-state index in [0.717, 1.165) is 19.1 Å². The second-order valence-electron chi connectivity index (χ2n) is 6.87. The first-order valence-corrected chi connectivity index (χ1v) is 11.0. The number of para-hydroxylation sites is 1. The summed E-state index contributed by atoms with van der Waals surface area (Å²) >= 11 is 0. The summed E-state index contributed by atoms with van der Waals surface area (Å²) in [4.78, 5) is 23.7. The Hall–Kier alpha value is -1.89. The molecule has 0 aliphatic heterocycles. The lowest BCUT2D eigenvalue weighted by atomic mass is 9.86. The number of carbonyl (C=O) groups excluding carboxylic acids is 2. The Bertz CT molecular complexity index is 723. The molecule has 1 N–H and O–H groups in total. The van der Waals surface area contributed by atoms with Gasteiger partial charge < -0.3 is 10.1 Å². The Morgan fingerprint density at radius 1 is 1.15 bits per heavy atom. The molecule has 0 atom stereocenters. The summed E-state index contributed by atoms with van der Waals surface area (Å²) in [5, 5.41) is 2.48. The van der Waals surface area contributed by atoms with Gasteiger partial charge in [0.05, 0.1) is 10.6 Å². The molecule has 1 aliphatic rings. The van der Waals surface area contributed by atoms with Crippen molar-refractivity contribution in [2.75, 3.05) is 18.2 Å². The van der Waals surface area contributed by atoms with Crippen LogP contribution in [0.3, 0.4) is 0 Å². The van der Waals surface area contributed by atoms with Gasteiger partial charge >= 0.3 is 5.97 Å². The molecule has 0 radical (unpaired) electrons. The predicted octanol–water partition coefficient (Wildman–Crippen LogP) is 3.32. The van der Waals surface area contributed by atoms with E-state index in [1.807, 2.05) is 0 Å². The molecule has 2 rings (SSSR count). The van der Waals surface area contributed by atoms with Crippen molar-refractivity contribution in [3.63, 3.8) is 0 Å². The molecule has 1 fully saturated rings. The van der Waals surface area contributed by atoms with Crippen LogP contribution in [0.1, 0.15) is 51.4 Å². The van der Waals surface area contributed by atoms with Crippen LogP contribution in [0.4, 0.5) is 5.69 Å². The van der Waals surface area contributed by atoms with Crippen LogP contribution < -0.4 is 5.32 Å². The van der Waals surface area contributed by atoms with Gasteiger partial charge in [0.2, 0.25) is 0 Å². The average molecular weight is 381 g/mol. The Morgan fingerprint density at radius 2 is 1.85 bits per heavy atom. The lowest BCUT2D eigenvalue weighted by molar-refractivity contribution is -0.147. The van der Waals surface area contributed by atoms with Gasteiger partial charge in [0.1, 0.15) is 0 Å². The Balaban J connectivity index is 1.72. The first-order chi connectivity index (χ1) is 12.4. The van der Waals surface area contributed by atoms with Gasteiger partial charge in [-0.15, -0.1) is 0 Å². The summed E-state index contributed by atoms with van der Waals surface area (Å²) in [6.45, 7) is -0.416. The van der Waals surface area contributed by atoms with E-state index in [-0.39, 0.29) is 10.6 Å². The highest BCUT2D eigenvalue weighted by molar-refractivity contribution is 7.90. The van der Waals surface area contributed by atoms with Crippen molar-refractivity contribution in [1.29, 1.82) is 0 Å². The van der Waals surface area contributed by atoms with E-state index in [4.69, 9.17) is 4.74 Å². The van der Waals surface area contributed by atoms with Crippen molar-refractivity contribution in [2.45, 2.75) is 56.3 Å². The summed E-state index contributed by atoms with van der Waals surface area (Å²) in [5.74, 6) is -0.235. The summed E-state index contributed by atoms with van der Waals surface area (Å²) in [7, 11) is -3.46. The minimum absolute atomic E-state index is 0.0344. The third-order valence-electron chi connectivity index (χ3n) is 4.64. The van der Waals surface area contributed by atoms with E-state index in [1.165, 1.54) is 44.2 Å². The third-order valence-corrected chi connectivity index (χ3v) is 5.80. The van der Waals surface area contributed by atoms with Gasteiger partial charge in [-0.1, -0.05) is 44.2 Å². The molecule has 1 aromatic carbocycles. The minimum Gasteiger partial charge on any atom is -0.456 e. The molecule has 0 aromatic heterocycles. The van der Waals surface area contributed by atoms with E-state index < -0.39 is 28.3 Å². The number of anilines is 1. The number of ether oxygens (including phenoxy) is 1. The van der Waals surface area contributed by atoms with Crippen LogP contribution in [0.5, 0.6) is 0 Å². The Kier molecular flexibility index (Phi) is 7.63. The van der Waals surface area contributed by atoms with Gasteiger partial charge in [0.15, 0.2) is 16.4 Å². The maximum absolute atomic E-state index is 11.9. The SMILES string of the molecule is CS(=O)(=O)c1ccccc1NC(=O)COC(=O)CCCC1CCCCC1. The number of amides is 1. The minimum atomic E-state index is -3.46. The highest BCUT2D eigenvalue weighted by Gasteiger charge is 2.16. The zero-order valence-corrected chi connectivity index (χ0v) is 16.0. The number of esters is 1. The number of rotatable bonds is 8. The van der Waals surface area contributed by atoms with Crippen molar-refractivity contribution in [1.82, 2.24) is 0 Å².